The van der Waals surface area contributed by atoms with Gasteiger partial charge in [-0.25, -0.2) is 0 Å². The highest BCUT2D eigenvalue weighted by Crippen LogP contribution is 2.29. The number of hydrogen-bond donors (Lipinski definition) is 1. The van der Waals surface area contributed by atoms with Gasteiger partial charge in [-0.15, -0.1) is 0 Å². The van der Waals surface area contributed by atoms with Crippen LogP contribution in [0, 0.1) is 0 Å². The van der Waals surface area contributed by atoms with Gasteiger partial charge in [-0.05, 0) is 48.0 Å². The van der Waals surface area contributed by atoms with Gasteiger partial charge in [-0.1, -0.05) is 39.0 Å². The Labute approximate surface area is 92.9 Å². The Morgan fingerprint density at radius 2 is 1.80 bits per heavy atom. The number of hydrogen-bond acceptors (Lipinski definition) is 1. The van der Waals surface area contributed by atoms with E-state index in [1.165, 1.54) is 18.4 Å². The van der Waals surface area contributed by atoms with Crippen molar-refractivity contribution in [2.75, 3.05) is 13.1 Å². The summed E-state index contributed by atoms with van der Waals surface area (Å²) in [5, 5.41) is 3.47. The van der Waals surface area contributed by atoms with E-state index in [1.807, 2.05) is 0 Å². The first kappa shape index (κ1) is 10.7. The Bertz CT molecular complexity index is 347. The van der Waals surface area contributed by atoms with E-state index >= 15 is 0 Å². The molecule has 1 aliphatic rings. The van der Waals surface area contributed by atoms with Crippen LogP contribution >= 0.6 is 0 Å². The van der Waals surface area contributed by atoms with Crippen LogP contribution in [0.3, 0.4) is 0 Å². The molecule has 1 nitrogen and oxygen atoms in total. The van der Waals surface area contributed by atoms with E-state index in [-0.39, 0.29) is 5.41 Å². The molecule has 1 aliphatic heterocycles. The molecule has 0 radical (unpaired) electrons. The van der Waals surface area contributed by atoms with Crippen molar-refractivity contribution in [3.05, 3.63) is 34.9 Å². The molecule has 0 amide bonds. The van der Waals surface area contributed by atoms with Crippen molar-refractivity contribution in [2.24, 2.45) is 0 Å². The molecular weight excluding hydrogens is 182 g/mol. The summed E-state index contributed by atoms with van der Waals surface area (Å²) in [6, 6.07) is 6.80. The molecule has 1 heterocycles. The van der Waals surface area contributed by atoms with Gasteiger partial charge in [0.15, 0.2) is 0 Å². The van der Waals surface area contributed by atoms with Crippen molar-refractivity contribution < 1.29 is 0 Å². The monoisotopic (exact) mass is 203 g/mol. The van der Waals surface area contributed by atoms with Crippen molar-refractivity contribution in [3.8, 4) is 0 Å². The SMILES string of the molecule is CC(C)(C)c1cccc2c1CCNCC2. The fraction of sp³-hybridized carbons (Fsp3) is 0.571. The molecule has 0 aromatic heterocycles. The van der Waals surface area contributed by atoms with Gasteiger partial charge in [0.05, 0.1) is 0 Å². The van der Waals surface area contributed by atoms with Gasteiger partial charge < -0.3 is 5.32 Å². The smallest absolute Gasteiger partial charge is 0.000801 e. The zero-order chi connectivity index (χ0) is 10.9. The van der Waals surface area contributed by atoms with Crippen LogP contribution in [0.2, 0.25) is 0 Å². The van der Waals surface area contributed by atoms with Gasteiger partial charge in [0.25, 0.3) is 0 Å². The molecule has 1 aromatic carbocycles. The van der Waals surface area contributed by atoms with E-state index in [0.29, 0.717) is 0 Å². The first-order valence-electron chi connectivity index (χ1n) is 5.91. The zero-order valence-electron chi connectivity index (χ0n) is 10.1. The molecule has 0 unspecified atom stereocenters. The first-order chi connectivity index (χ1) is 7.09. The maximum Gasteiger partial charge on any atom is -0.000801 e. The molecule has 0 aliphatic carbocycles. The molecule has 0 saturated heterocycles. The molecule has 0 bridgehead atoms. The molecule has 0 atom stereocenters. The average Bonchev–Trinajstić information content (AvgIpc) is 2.39. The highest BCUT2D eigenvalue weighted by Gasteiger charge is 2.20. The standard InChI is InChI=1S/C14H21N/c1-14(2,3)13-6-4-5-11-7-9-15-10-8-12(11)13/h4-6,15H,7-10H2,1-3H3. The van der Waals surface area contributed by atoms with Crippen molar-refractivity contribution >= 4 is 0 Å². The maximum atomic E-state index is 3.47. The third-order valence-electron chi connectivity index (χ3n) is 3.20. The average molecular weight is 203 g/mol. The minimum absolute atomic E-state index is 0.273. The van der Waals surface area contributed by atoms with Crippen LogP contribution in [0.25, 0.3) is 0 Å². The molecule has 1 aromatic rings. The van der Waals surface area contributed by atoms with Gasteiger partial charge >= 0.3 is 0 Å². The summed E-state index contributed by atoms with van der Waals surface area (Å²) >= 11 is 0. The van der Waals surface area contributed by atoms with Crippen molar-refractivity contribution in [1.82, 2.24) is 5.32 Å². The Morgan fingerprint density at radius 3 is 2.53 bits per heavy atom. The normalized spacial score (nSPS) is 17.0. The molecule has 0 spiro atoms. The Morgan fingerprint density at radius 1 is 1.07 bits per heavy atom. The highest BCUT2D eigenvalue weighted by molar-refractivity contribution is 5.40. The van der Waals surface area contributed by atoms with E-state index in [1.54, 1.807) is 11.1 Å². The van der Waals surface area contributed by atoms with E-state index in [0.717, 1.165) is 13.1 Å². The van der Waals surface area contributed by atoms with Crippen molar-refractivity contribution in [1.29, 1.82) is 0 Å². The fourth-order valence-electron chi connectivity index (χ4n) is 2.43. The molecule has 82 valence electrons. The second-order valence-electron chi connectivity index (χ2n) is 5.44. The summed E-state index contributed by atoms with van der Waals surface area (Å²) in [5.41, 5.74) is 4.95. The number of fused-ring (bicyclic) bond motifs is 1. The van der Waals surface area contributed by atoms with Crippen LogP contribution in [0.1, 0.15) is 37.5 Å². The molecule has 2 rings (SSSR count). The lowest BCUT2D eigenvalue weighted by Gasteiger charge is -2.24. The summed E-state index contributed by atoms with van der Waals surface area (Å²) in [6.07, 6.45) is 2.36. The first-order valence-corrected chi connectivity index (χ1v) is 5.91. The molecule has 0 saturated carbocycles. The summed E-state index contributed by atoms with van der Waals surface area (Å²) in [6.45, 7) is 9.17. The molecular formula is C14H21N. The second kappa shape index (κ2) is 3.97. The predicted molar refractivity (Wildman–Crippen MR) is 65.4 cm³/mol. The van der Waals surface area contributed by atoms with Crippen LogP contribution in [0.5, 0.6) is 0 Å². The van der Waals surface area contributed by atoms with Gasteiger partial charge in [-0.3, -0.25) is 0 Å². The third kappa shape index (κ3) is 2.23. The van der Waals surface area contributed by atoms with E-state index in [9.17, 15) is 0 Å². The van der Waals surface area contributed by atoms with Gasteiger partial charge in [0.2, 0.25) is 0 Å². The van der Waals surface area contributed by atoms with Crippen LogP contribution in [-0.2, 0) is 18.3 Å². The number of benzene rings is 1. The van der Waals surface area contributed by atoms with Crippen LogP contribution in [0.15, 0.2) is 18.2 Å². The summed E-state index contributed by atoms with van der Waals surface area (Å²) in [7, 11) is 0. The van der Waals surface area contributed by atoms with Crippen molar-refractivity contribution in [2.45, 2.75) is 39.0 Å². The maximum absolute atomic E-state index is 3.47. The van der Waals surface area contributed by atoms with Crippen LogP contribution in [-0.4, -0.2) is 13.1 Å². The van der Waals surface area contributed by atoms with E-state index < -0.39 is 0 Å². The lowest BCUT2D eigenvalue weighted by molar-refractivity contribution is 0.581. The second-order valence-corrected chi connectivity index (χ2v) is 5.44. The summed E-state index contributed by atoms with van der Waals surface area (Å²) in [5.74, 6) is 0. The predicted octanol–water partition coefficient (Wildman–Crippen LogP) is 2.67. The van der Waals surface area contributed by atoms with Gasteiger partial charge in [-0.2, -0.15) is 0 Å². The molecule has 0 fully saturated rings. The zero-order valence-corrected chi connectivity index (χ0v) is 10.1. The minimum Gasteiger partial charge on any atom is -0.316 e. The Balaban J connectivity index is 2.48. The lowest BCUT2D eigenvalue weighted by atomic mass is 9.81. The van der Waals surface area contributed by atoms with E-state index in [4.69, 9.17) is 0 Å². The largest absolute Gasteiger partial charge is 0.316 e. The van der Waals surface area contributed by atoms with Crippen LogP contribution in [0.4, 0.5) is 0 Å². The van der Waals surface area contributed by atoms with Crippen molar-refractivity contribution in [3.63, 3.8) is 0 Å². The highest BCUT2D eigenvalue weighted by atomic mass is 14.8. The summed E-state index contributed by atoms with van der Waals surface area (Å²) < 4.78 is 0. The molecule has 1 heteroatoms. The summed E-state index contributed by atoms with van der Waals surface area (Å²) in [4.78, 5) is 0. The van der Waals surface area contributed by atoms with E-state index in [2.05, 4.69) is 44.3 Å². The number of rotatable bonds is 0. The Kier molecular flexibility index (Phi) is 2.83. The lowest BCUT2D eigenvalue weighted by Crippen LogP contribution is -2.18. The van der Waals surface area contributed by atoms with Crippen LogP contribution < -0.4 is 5.32 Å². The quantitative estimate of drug-likeness (QED) is 0.683. The fourth-order valence-corrected chi connectivity index (χ4v) is 2.43. The topological polar surface area (TPSA) is 12.0 Å². The van der Waals surface area contributed by atoms with Gasteiger partial charge in [0, 0.05) is 0 Å². The Hall–Kier alpha value is -0.820. The molecule has 1 N–H and O–H groups in total. The van der Waals surface area contributed by atoms with Gasteiger partial charge in [0.1, 0.15) is 0 Å². The minimum atomic E-state index is 0.273. The molecule has 15 heavy (non-hydrogen) atoms. The number of nitrogens with one attached hydrogen (secondary N) is 1. The third-order valence-corrected chi connectivity index (χ3v) is 3.20.